The number of hydrogen-bond donors (Lipinski definition) is 0. The van der Waals surface area contributed by atoms with Gasteiger partial charge in [-0.1, -0.05) is 0 Å². The number of esters is 1. The smallest absolute Gasteiger partial charge is 0.342 e. The molecule has 0 N–H and O–H groups in total. The first-order chi connectivity index (χ1) is 13.7. The number of furan rings is 1. The lowest BCUT2D eigenvalue weighted by Crippen LogP contribution is -2.35. The van der Waals surface area contributed by atoms with Gasteiger partial charge >= 0.3 is 5.97 Å². The molecule has 1 heterocycles. The number of benzene rings is 2. The molecule has 0 bridgehead atoms. The van der Waals surface area contributed by atoms with Crippen LogP contribution >= 0.6 is 0 Å². The van der Waals surface area contributed by atoms with E-state index in [2.05, 4.69) is 0 Å². The van der Waals surface area contributed by atoms with E-state index in [-0.39, 0.29) is 16.1 Å². The zero-order valence-corrected chi connectivity index (χ0v) is 17.1. The fourth-order valence-corrected chi connectivity index (χ4v) is 4.45. The number of anilines is 1. The number of sulfonamides is 1. The van der Waals surface area contributed by atoms with Crippen molar-refractivity contribution in [2.75, 3.05) is 18.5 Å². The first-order valence-corrected chi connectivity index (χ1v) is 9.96. The van der Waals surface area contributed by atoms with Crippen molar-refractivity contribution in [1.82, 2.24) is 0 Å². The van der Waals surface area contributed by atoms with E-state index in [4.69, 9.17) is 13.9 Å². The summed E-state index contributed by atoms with van der Waals surface area (Å²) in [5, 5.41) is 0.350. The summed E-state index contributed by atoms with van der Waals surface area (Å²) in [7, 11) is -1.50. The zero-order valence-electron chi connectivity index (χ0n) is 16.3. The van der Waals surface area contributed by atoms with Crippen molar-refractivity contribution >= 4 is 38.6 Å². The van der Waals surface area contributed by atoms with Crippen molar-refractivity contribution in [1.29, 1.82) is 0 Å². The molecule has 2 aromatic carbocycles. The molecule has 0 fully saturated rings. The van der Waals surface area contributed by atoms with Crippen molar-refractivity contribution < 1.29 is 31.9 Å². The van der Waals surface area contributed by atoms with Crippen LogP contribution in [0.3, 0.4) is 0 Å². The Kier molecular flexibility index (Phi) is 5.34. The van der Waals surface area contributed by atoms with E-state index in [1.54, 1.807) is 6.92 Å². The Morgan fingerprint density at radius 2 is 1.69 bits per heavy atom. The Hall–Kier alpha value is -3.33. The van der Waals surface area contributed by atoms with Gasteiger partial charge < -0.3 is 13.9 Å². The molecule has 0 saturated carbocycles. The summed E-state index contributed by atoms with van der Waals surface area (Å²) < 4.78 is 42.3. The van der Waals surface area contributed by atoms with Crippen LogP contribution in [0.25, 0.3) is 11.0 Å². The first kappa shape index (κ1) is 20.4. The number of rotatable bonds is 5. The molecular weight excluding hydrogens is 398 g/mol. The van der Waals surface area contributed by atoms with E-state index < -0.39 is 21.9 Å². The zero-order chi connectivity index (χ0) is 21.3. The van der Waals surface area contributed by atoms with Gasteiger partial charge in [0.15, 0.2) is 0 Å². The van der Waals surface area contributed by atoms with Gasteiger partial charge in [0.25, 0.3) is 10.0 Å². The minimum atomic E-state index is -4.20. The number of hydrogen-bond acceptors (Lipinski definition) is 7. The second-order valence-corrected chi connectivity index (χ2v) is 7.96. The normalized spacial score (nSPS) is 11.3. The monoisotopic (exact) mass is 417 g/mol. The third kappa shape index (κ3) is 3.56. The van der Waals surface area contributed by atoms with Crippen LogP contribution in [-0.4, -0.2) is 34.5 Å². The van der Waals surface area contributed by atoms with Gasteiger partial charge in [-0.05, 0) is 49.4 Å². The van der Waals surface area contributed by atoms with Crippen molar-refractivity contribution in [3.8, 4) is 5.75 Å². The Morgan fingerprint density at radius 3 is 2.24 bits per heavy atom. The molecule has 0 aliphatic carbocycles. The predicted molar refractivity (Wildman–Crippen MR) is 106 cm³/mol. The van der Waals surface area contributed by atoms with Crippen LogP contribution in [0.2, 0.25) is 0 Å². The average molecular weight is 417 g/mol. The molecule has 0 spiro atoms. The van der Waals surface area contributed by atoms with Gasteiger partial charge in [-0.2, -0.15) is 0 Å². The molecule has 1 aromatic heterocycles. The quantitative estimate of drug-likeness (QED) is 0.587. The van der Waals surface area contributed by atoms with Crippen LogP contribution in [0.4, 0.5) is 5.69 Å². The lowest BCUT2D eigenvalue weighted by molar-refractivity contribution is -0.115. The van der Waals surface area contributed by atoms with E-state index in [0.29, 0.717) is 26.8 Å². The predicted octanol–water partition coefficient (Wildman–Crippen LogP) is 3.28. The van der Waals surface area contributed by atoms with Gasteiger partial charge in [0.1, 0.15) is 22.7 Å². The van der Waals surface area contributed by atoms with Gasteiger partial charge in [0, 0.05) is 12.3 Å². The lowest BCUT2D eigenvalue weighted by atomic mass is 10.1. The number of carbonyl (C=O) groups is 2. The molecule has 0 unspecified atom stereocenters. The number of nitrogens with zero attached hydrogens (tertiary/aromatic N) is 1. The Morgan fingerprint density at radius 1 is 1.03 bits per heavy atom. The fraction of sp³-hybridized carbons (Fsp3) is 0.200. The number of carbonyl (C=O) groups excluding carboxylic acids is 2. The summed E-state index contributed by atoms with van der Waals surface area (Å²) in [5.74, 6) is -0.515. The summed E-state index contributed by atoms with van der Waals surface area (Å²) >= 11 is 0. The van der Waals surface area contributed by atoms with Crippen molar-refractivity contribution in [2.45, 2.75) is 18.7 Å². The third-order valence-electron chi connectivity index (χ3n) is 4.36. The van der Waals surface area contributed by atoms with Crippen LogP contribution in [0.5, 0.6) is 5.75 Å². The number of amides is 1. The van der Waals surface area contributed by atoms with Crippen molar-refractivity contribution in [3.05, 3.63) is 53.8 Å². The van der Waals surface area contributed by atoms with E-state index in [1.165, 1.54) is 56.7 Å². The SMILES string of the molecule is COC(=O)c1c(C)oc2ccc(N(C(C)=O)S(=O)(=O)c3ccc(OC)cc3)cc12. The maximum absolute atomic E-state index is 13.1. The molecule has 0 saturated heterocycles. The van der Waals surface area contributed by atoms with Crippen molar-refractivity contribution in [3.63, 3.8) is 0 Å². The highest BCUT2D eigenvalue weighted by atomic mass is 32.2. The molecule has 0 radical (unpaired) electrons. The first-order valence-electron chi connectivity index (χ1n) is 8.52. The second-order valence-electron chi connectivity index (χ2n) is 6.17. The van der Waals surface area contributed by atoms with E-state index in [1.807, 2.05) is 0 Å². The summed E-state index contributed by atoms with van der Waals surface area (Å²) in [6, 6.07) is 10.0. The summed E-state index contributed by atoms with van der Waals surface area (Å²) in [6.45, 7) is 2.75. The Labute approximate surface area is 167 Å². The maximum atomic E-state index is 13.1. The van der Waals surface area contributed by atoms with Crippen molar-refractivity contribution in [2.24, 2.45) is 0 Å². The summed E-state index contributed by atoms with van der Waals surface area (Å²) in [4.78, 5) is 24.3. The standard InChI is InChI=1S/C20H19NO7S/c1-12-19(20(23)27-4)17-11-14(5-10-18(17)28-12)21(13(2)22)29(24,25)16-8-6-15(26-3)7-9-16/h5-11H,1-4H3. The molecule has 0 aliphatic rings. The number of ether oxygens (including phenoxy) is 2. The van der Waals surface area contributed by atoms with E-state index in [9.17, 15) is 18.0 Å². The molecule has 29 heavy (non-hydrogen) atoms. The summed E-state index contributed by atoms with van der Waals surface area (Å²) in [6.07, 6.45) is 0. The number of methoxy groups -OCH3 is 2. The third-order valence-corrected chi connectivity index (χ3v) is 6.17. The Balaban J connectivity index is 2.17. The van der Waals surface area contributed by atoms with Gasteiger partial charge in [0.2, 0.25) is 5.91 Å². The number of aryl methyl sites for hydroxylation is 1. The molecule has 152 valence electrons. The molecule has 3 rings (SSSR count). The average Bonchev–Trinajstić information content (AvgIpc) is 3.02. The van der Waals surface area contributed by atoms with Gasteiger partial charge in [-0.15, -0.1) is 0 Å². The van der Waals surface area contributed by atoms with Gasteiger partial charge in [-0.25, -0.2) is 17.5 Å². The van der Waals surface area contributed by atoms with Crippen LogP contribution < -0.4 is 9.04 Å². The highest BCUT2D eigenvalue weighted by molar-refractivity contribution is 7.93. The van der Waals surface area contributed by atoms with Gasteiger partial charge in [0.05, 0.1) is 24.8 Å². The van der Waals surface area contributed by atoms with Crippen LogP contribution in [0.15, 0.2) is 51.8 Å². The largest absolute Gasteiger partial charge is 0.497 e. The Bertz CT molecular complexity index is 1190. The van der Waals surface area contributed by atoms with E-state index in [0.717, 1.165) is 6.92 Å². The van der Waals surface area contributed by atoms with Gasteiger partial charge in [-0.3, -0.25) is 4.79 Å². The van der Waals surface area contributed by atoms with Crippen LogP contribution in [0, 0.1) is 6.92 Å². The number of fused-ring (bicyclic) bond motifs is 1. The molecule has 8 nitrogen and oxygen atoms in total. The maximum Gasteiger partial charge on any atom is 0.342 e. The van der Waals surface area contributed by atoms with Crippen LogP contribution in [-0.2, 0) is 19.6 Å². The second kappa shape index (κ2) is 7.59. The molecule has 3 aromatic rings. The molecule has 1 amide bonds. The topological polar surface area (TPSA) is 103 Å². The minimum absolute atomic E-state index is 0.0757. The highest BCUT2D eigenvalue weighted by Crippen LogP contribution is 2.32. The molecule has 9 heteroatoms. The lowest BCUT2D eigenvalue weighted by Gasteiger charge is -2.21. The summed E-state index contributed by atoms with van der Waals surface area (Å²) in [5.41, 5.74) is 0.624. The molecule has 0 atom stereocenters. The fourth-order valence-electron chi connectivity index (χ4n) is 3.03. The molecule has 0 aliphatic heterocycles. The highest BCUT2D eigenvalue weighted by Gasteiger charge is 2.30. The van der Waals surface area contributed by atoms with E-state index >= 15 is 0 Å². The molecular formula is C20H19NO7S. The van der Waals surface area contributed by atoms with Crippen LogP contribution in [0.1, 0.15) is 23.0 Å². The minimum Gasteiger partial charge on any atom is -0.497 e.